The van der Waals surface area contributed by atoms with E-state index in [1.807, 2.05) is 19.9 Å². The molecule has 4 nitrogen and oxygen atoms in total. The molecule has 0 radical (unpaired) electrons. The Morgan fingerprint density at radius 3 is 2.35 bits per heavy atom. The van der Waals surface area contributed by atoms with Gasteiger partial charge >= 0.3 is 0 Å². The predicted octanol–water partition coefficient (Wildman–Crippen LogP) is 3.43. The summed E-state index contributed by atoms with van der Waals surface area (Å²) in [7, 11) is 3.26. The molecule has 0 heterocycles. The molecule has 20 heavy (non-hydrogen) atoms. The van der Waals surface area contributed by atoms with Gasteiger partial charge in [0.2, 0.25) is 6.08 Å². The fraction of sp³-hybridized carbons (Fsp3) is 0.562. The topological polar surface area (TPSA) is 47.9 Å². The van der Waals surface area contributed by atoms with Gasteiger partial charge in [-0.3, -0.25) is 0 Å². The standard InChI is InChI=1S/C16H21NO3/c1-11-9-13(19-3)15(20-4)12(2)14(11)16(17-10-18)7-5-6-8-16/h9H,5-8H2,1-4H3. The maximum absolute atomic E-state index is 10.9. The average Bonchev–Trinajstić information content (AvgIpc) is 2.87. The SMILES string of the molecule is COc1cc(C)c(C2(N=C=O)CCCC2)c(C)c1OC. The smallest absolute Gasteiger partial charge is 0.235 e. The number of benzene rings is 1. The first-order chi connectivity index (χ1) is 9.59. The Labute approximate surface area is 119 Å². The molecule has 108 valence electrons. The molecule has 0 unspecified atom stereocenters. The van der Waals surface area contributed by atoms with E-state index in [1.165, 1.54) is 0 Å². The summed E-state index contributed by atoms with van der Waals surface area (Å²) in [6, 6.07) is 1.96. The molecule has 0 saturated heterocycles. The van der Waals surface area contributed by atoms with Crippen LogP contribution in [0.1, 0.15) is 42.4 Å². The lowest BCUT2D eigenvalue weighted by Crippen LogP contribution is -2.22. The van der Waals surface area contributed by atoms with Gasteiger partial charge in [-0.2, -0.15) is 4.99 Å². The zero-order valence-corrected chi connectivity index (χ0v) is 12.6. The first kappa shape index (κ1) is 14.6. The molecule has 0 spiro atoms. The number of nitrogens with zero attached hydrogens (tertiary/aromatic N) is 1. The van der Waals surface area contributed by atoms with Crippen LogP contribution in [0.2, 0.25) is 0 Å². The third-order valence-corrected chi connectivity index (χ3v) is 4.26. The van der Waals surface area contributed by atoms with Crippen LogP contribution in [0.4, 0.5) is 0 Å². The summed E-state index contributed by atoms with van der Waals surface area (Å²) >= 11 is 0. The minimum Gasteiger partial charge on any atom is -0.493 e. The van der Waals surface area contributed by atoms with E-state index in [0.717, 1.165) is 53.9 Å². The van der Waals surface area contributed by atoms with Crippen molar-refractivity contribution in [3.05, 3.63) is 22.8 Å². The van der Waals surface area contributed by atoms with Crippen molar-refractivity contribution in [3.63, 3.8) is 0 Å². The molecule has 4 heteroatoms. The van der Waals surface area contributed by atoms with E-state index in [4.69, 9.17) is 9.47 Å². The second-order valence-electron chi connectivity index (χ2n) is 5.37. The normalized spacial score (nSPS) is 16.6. The number of carbonyl (C=O) groups excluding carboxylic acids is 1. The molecular formula is C16H21NO3. The summed E-state index contributed by atoms with van der Waals surface area (Å²) in [6.07, 6.45) is 5.71. The van der Waals surface area contributed by atoms with Crippen LogP contribution in [0.15, 0.2) is 11.1 Å². The van der Waals surface area contributed by atoms with Crippen molar-refractivity contribution in [3.8, 4) is 11.5 Å². The summed E-state index contributed by atoms with van der Waals surface area (Å²) in [5.74, 6) is 1.44. The van der Waals surface area contributed by atoms with Gasteiger partial charge in [0.1, 0.15) is 0 Å². The van der Waals surface area contributed by atoms with Gasteiger partial charge in [-0.1, -0.05) is 12.8 Å². The van der Waals surface area contributed by atoms with Gasteiger partial charge in [0.25, 0.3) is 0 Å². The number of hydrogen-bond acceptors (Lipinski definition) is 4. The third kappa shape index (κ3) is 2.20. The highest BCUT2D eigenvalue weighted by molar-refractivity contribution is 5.57. The zero-order chi connectivity index (χ0) is 14.8. The fourth-order valence-corrected chi connectivity index (χ4v) is 3.51. The van der Waals surface area contributed by atoms with Crippen LogP contribution in [-0.4, -0.2) is 20.3 Å². The van der Waals surface area contributed by atoms with E-state index >= 15 is 0 Å². The lowest BCUT2D eigenvalue weighted by molar-refractivity contribution is 0.349. The highest BCUT2D eigenvalue weighted by Gasteiger charge is 2.39. The molecule has 1 fully saturated rings. The molecular weight excluding hydrogens is 254 g/mol. The van der Waals surface area contributed by atoms with Gasteiger partial charge in [-0.25, -0.2) is 4.79 Å². The van der Waals surface area contributed by atoms with Gasteiger partial charge in [0.05, 0.1) is 19.8 Å². The predicted molar refractivity (Wildman–Crippen MR) is 77.3 cm³/mol. The molecule has 0 atom stereocenters. The highest BCUT2D eigenvalue weighted by atomic mass is 16.5. The Hall–Kier alpha value is -1.80. The van der Waals surface area contributed by atoms with Crippen LogP contribution in [0.25, 0.3) is 0 Å². The van der Waals surface area contributed by atoms with Gasteiger partial charge in [-0.05, 0) is 43.9 Å². The van der Waals surface area contributed by atoms with Crippen molar-refractivity contribution < 1.29 is 14.3 Å². The number of ether oxygens (including phenoxy) is 2. The Balaban J connectivity index is 2.70. The summed E-state index contributed by atoms with van der Waals surface area (Å²) in [4.78, 5) is 15.1. The van der Waals surface area contributed by atoms with Gasteiger partial charge < -0.3 is 9.47 Å². The van der Waals surface area contributed by atoms with Crippen molar-refractivity contribution >= 4 is 6.08 Å². The first-order valence-electron chi connectivity index (χ1n) is 6.91. The van der Waals surface area contributed by atoms with Gasteiger partial charge in [-0.15, -0.1) is 0 Å². The number of isocyanates is 1. The van der Waals surface area contributed by atoms with Gasteiger partial charge in [0, 0.05) is 5.56 Å². The molecule has 1 saturated carbocycles. The van der Waals surface area contributed by atoms with Crippen molar-refractivity contribution in [2.75, 3.05) is 14.2 Å². The second-order valence-corrected chi connectivity index (χ2v) is 5.37. The van der Waals surface area contributed by atoms with E-state index < -0.39 is 5.54 Å². The Bertz CT molecular complexity index is 553. The van der Waals surface area contributed by atoms with Crippen molar-refractivity contribution in [2.24, 2.45) is 4.99 Å². The molecule has 1 aromatic rings. The Morgan fingerprint density at radius 2 is 1.85 bits per heavy atom. The van der Waals surface area contributed by atoms with E-state index in [-0.39, 0.29) is 0 Å². The minimum absolute atomic E-state index is 0.435. The molecule has 1 aliphatic rings. The number of methoxy groups -OCH3 is 2. The van der Waals surface area contributed by atoms with Crippen LogP contribution < -0.4 is 9.47 Å². The fourth-order valence-electron chi connectivity index (χ4n) is 3.51. The third-order valence-electron chi connectivity index (χ3n) is 4.26. The number of rotatable bonds is 4. The quantitative estimate of drug-likeness (QED) is 0.625. The maximum atomic E-state index is 10.9. The Morgan fingerprint density at radius 1 is 1.20 bits per heavy atom. The van der Waals surface area contributed by atoms with Crippen molar-refractivity contribution in [1.82, 2.24) is 0 Å². The van der Waals surface area contributed by atoms with E-state index in [1.54, 1.807) is 20.3 Å². The van der Waals surface area contributed by atoms with E-state index in [2.05, 4.69) is 4.99 Å². The average molecular weight is 275 g/mol. The van der Waals surface area contributed by atoms with E-state index in [9.17, 15) is 4.79 Å². The molecule has 0 aliphatic heterocycles. The molecule has 0 bridgehead atoms. The van der Waals surface area contributed by atoms with E-state index in [0.29, 0.717) is 0 Å². The van der Waals surface area contributed by atoms with Crippen molar-refractivity contribution in [2.45, 2.75) is 45.1 Å². The molecule has 2 rings (SSSR count). The lowest BCUT2D eigenvalue weighted by Gasteiger charge is -2.28. The summed E-state index contributed by atoms with van der Waals surface area (Å²) < 4.78 is 10.9. The number of hydrogen-bond donors (Lipinski definition) is 0. The molecule has 1 aromatic carbocycles. The highest BCUT2D eigenvalue weighted by Crippen LogP contribution is 2.48. The zero-order valence-electron chi connectivity index (χ0n) is 12.6. The lowest BCUT2D eigenvalue weighted by atomic mass is 9.82. The van der Waals surface area contributed by atoms with Gasteiger partial charge in [0.15, 0.2) is 11.5 Å². The van der Waals surface area contributed by atoms with Crippen LogP contribution in [-0.2, 0) is 10.3 Å². The molecule has 1 aliphatic carbocycles. The largest absolute Gasteiger partial charge is 0.493 e. The Kier molecular flexibility index (Phi) is 4.15. The molecule has 0 amide bonds. The maximum Gasteiger partial charge on any atom is 0.235 e. The summed E-state index contributed by atoms with van der Waals surface area (Å²) in [5.41, 5.74) is 2.75. The number of aryl methyl sites for hydroxylation is 1. The second kappa shape index (κ2) is 5.68. The number of aliphatic imine (C=N–C) groups is 1. The van der Waals surface area contributed by atoms with Crippen LogP contribution in [0.3, 0.4) is 0 Å². The van der Waals surface area contributed by atoms with Crippen molar-refractivity contribution in [1.29, 1.82) is 0 Å². The monoisotopic (exact) mass is 275 g/mol. The van der Waals surface area contributed by atoms with Crippen LogP contribution in [0, 0.1) is 13.8 Å². The molecule has 0 aromatic heterocycles. The summed E-state index contributed by atoms with van der Waals surface area (Å²) in [6.45, 7) is 4.04. The molecule has 0 N–H and O–H groups in total. The van der Waals surface area contributed by atoms with Crippen LogP contribution >= 0.6 is 0 Å². The summed E-state index contributed by atoms with van der Waals surface area (Å²) in [5, 5.41) is 0. The first-order valence-corrected chi connectivity index (χ1v) is 6.91. The van der Waals surface area contributed by atoms with Crippen LogP contribution in [0.5, 0.6) is 11.5 Å². The minimum atomic E-state index is -0.435.